The van der Waals surface area contributed by atoms with E-state index in [1.54, 1.807) is 24.3 Å². The van der Waals surface area contributed by atoms with Crippen LogP contribution in [-0.2, 0) is 9.53 Å². The number of anilines is 1. The van der Waals surface area contributed by atoms with Crippen LogP contribution in [0.4, 0.5) is 5.69 Å². The molecule has 1 aliphatic rings. The lowest BCUT2D eigenvalue weighted by Crippen LogP contribution is -2.51. The predicted octanol–water partition coefficient (Wildman–Crippen LogP) is 2.00. The van der Waals surface area contributed by atoms with E-state index in [2.05, 4.69) is 23.2 Å². The van der Waals surface area contributed by atoms with Crippen molar-refractivity contribution in [1.82, 2.24) is 4.90 Å². The Morgan fingerprint density at radius 2 is 2.19 bits per heavy atom. The van der Waals surface area contributed by atoms with Crippen molar-refractivity contribution in [3.63, 3.8) is 0 Å². The molecule has 0 spiro atoms. The van der Waals surface area contributed by atoms with Crippen LogP contribution in [0.25, 0.3) is 0 Å². The van der Waals surface area contributed by atoms with E-state index in [0.717, 1.165) is 13.0 Å². The highest BCUT2D eigenvalue weighted by Crippen LogP contribution is 2.15. The summed E-state index contributed by atoms with van der Waals surface area (Å²) in [5.41, 5.74) is 1.30. The van der Waals surface area contributed by atoms with Gasteiger partial charge in [-0.25, -0.2) is 0 Å². The van der Waals surface area contributed by atoms with Crippen molar-refractivity contribution in [3.05, 3.63) is 29.8 Å². The van der Waals surface area contributed by atoms with Crippen molar-refractivity contribution in [2.45, 2.75) is 32.4 Å². The highest BCUT2D eigenvalue weighted by Gasteiger charge is 2.26. The Morgan fingerprint density at radius 3 is 2.81 bits per heavy atom. The number of amides is 1. The molecule has 0 aliphatic carbocycles. The maximum atomic E-state index is 12.1. The molecule has 5 nitrogen and oxygen atoms in total. The van der Waals surface area contributed by atoms with Crippen LogP contribution in [0.5, 0.6) is 0 Å². The quantitative estimate of drug-likeness (QED) is 0.920. The molecule has 1 aromatic carbocycles. The lowest BCUT2D eigenvalue weighted by molar-refractivity contribution is -0.121. The van der Waals surface area contributed by atoms with Gasteiger partial charge >= 0.3 is 0 Å². The van der Waals surface area contributed by atoms with Gasteiger partial charge in [-0.05, 0) is 37.6 Å². The predicted molar refractivity (Wildman–Crippen MR) is 80.9 cm³/mol. The van der Waals surface area contributed by atoms with Crippen LogP contribution < -0.4 is 5.32 Å². The molecule has 2 atom stereocenters. The summed E-state index contributed by atoms with van der Waals surface area (Å²) >= 11 is 0. The van der Waals surface area contributed by atoms with Gasteiger partial charge in [0.15, 0.2) is 0 Å². The molecule has 1 heterocycles. The first kappa shape index (κ1) is 15.5. The second-order valence-electron chi connectivity index (χ2n) is 5.37. The van der Waals surface area contributed by atoms with Crippen molar-refractivity contribution in [3.8, 4) is 6.07 Å². The third-order valence-corrected chi connectivity index (χ3v) is 3.70. The van der Waals surface area contributed by atoms with Gasteiger partial charge in [-0.1, -0.05) is 6.92 Å². The molecule has 1 N–H and O–H groups in total. The molecule has 5 heteroatoms. The van der Waals surface area contributed by atoms with Gasteiger partial charge in [0.05, 0.1) is 30.9 Å². The first-order valence-electron chi connectivity index (χ1n) is 7.28. The van der Waals surface area contributed by atoms with Gasteiger partial charge in [0, 0.05) is 18.3 Å². The van der Waals surface area contributed by atoms with Crippen molar-refractivity contribution in [1.29, 1.82) is 5.26 Å². The number of nitriles is 1. The summed E-state index contributed by atoms with van der Waals surface area (Å²) in [7, 11) is 0. The van der Waals surface area contributed by atoms with Gasteiger partial charge in [0.1, 0.15) is 0 Å². The zero-order valence-corrected chi connectivity index (χ0v) is 12.5. The smallest absolute Gasteiger partial charge is 0.238 e. The number of hydrogen-bond donors (Lipinski definition) is 1. The SMILES string of the molecule is CCC1COC(C)CN1CC(=O)Nc1ccc(C#N)cc1. The van der Waals surface area contributed by atoms with Gasteiger partial charge in [-0.15, -0.1) is 0 Å². The number of nitrogens with zero attached hydrogens (tertiary/aromatic N) is 2. The van der Waals surface area contributed by atoms with Gasteiger partial charge < -0.3 is 10.1 Å². The Hall–Kier alpha value is -1.90. The number of benzene rings is 1. The van der Waals surface area contributed by atoms with Gasteiger partial charge in [-0.2, -0.15) is 5.26 Å². The van der Waals surface area contributed by atoms with Crippen LogP contribution >= 0.6 is 0 Å². The monoisotopic (exact) mass is 287 g/mol. The lowest BCUT2D eigenvalue weighted by Gasteiger charge is -2.37. The average Bonchev–Trinajstić information content (AvgIpc) is 2.48. The van der Waals surface area contributed by atoms with E-state index in [9.17, 15) is 4.79 Å². The first-order chi connectivity index (χ1) is 10.1. The molecule has 0 radical (unpaired) electrons. The van der Waals surface area contributed by atoms with Crippen molar-refractivity contribution in [2.24, 2.45) is 0 Å². The summed E-state index contributed by atoms with van der Waals surface area (Å²) in [6.45, 7) is 5.96. The second-order valence-corrected chi connectivity index (χ2v) is 5.37. The molecule has 112 valence electrons. The van der Waals surface area contributed by atoms with Gasteiger partial charge in [-0.3, -0.25) is 9.69 Å². The number of rotatable bonds is 4. The zero-order chi connectivity index (χ0) is 15.2. The van der Waals surface area contributed by atoms with Crippen molar-refractivity contribution in [2.75, 3.05) is 25.0 Å². The number of ether oxygens (including phenoxy) is 1. The van der Waals surface area contributed by atoms with Crippen molar-refractivity contribution < 1.29 is 9.53 Å². The van der Waals surface area contributed by atoms with Gasteiger partial charge in [0.25, 0.3) is 0 Å². The summed E-state index contributed by atoms with van der Waals surface area (Å²) in [4.78, 5) is 14.3. The third kappa shape index (κ3) is 4.28. The molecule has 1 amide bonds. The largest absolute Gasteiger partial charge is 0.376 e. The Morgan fingerprint density at radius 1 is 1.48 bits per heavy atom. The van der Waals surface area contributed by atoms with E-state index < -0.39 is 0 Å². The summed E-state index contributed by atoms with van der Waals surface area (Å²) < 4.78 is 5.63. The number of carbonyl (C=O) groups excluding carboxylic acids is 1. The van der Waals surface area contributed by atoms with Crippen LogP contribution in [0.3, 0.4) is 0 Å². The minimum Gasteiger partial charge on any atom is -0.376 e. The van der Waals surface area contributed by atoms with Crippen LogP contribution in [0.2, 0.25) is 0 Å². The lowest BCUT2D eigenvalue weighted by atomic mass is 10.1. The number of carbonyl (C=O) groups is 1. The topological polar surface area (TPSA) is 65.4 Å². The Kier molecular flexibility index (Phi) is 5.32. The molecule has 1 aliphatic heterocycles. The molecular weight excluding hydrogens is 266 g/mol. The molecule has 1 saturated heterocycles. The minimum absolute atomic E-state index is 0.0349. The molecule has 1 aromatic rings. The van der Waals surface area contributed by atoms with Crippen LogP contribution in [-0.4, -0.2) is 42.6 Å². The fourth-order valence-electron chi connectivity index (χ4n) is 2.50. The third-order valence-electron chi connectivity index (χ3n) is 3.70. The molecular formula is C16H21N3O2. The molecule has 1 fully saturated rings. The summed E-state index contributed by atoms with van der Waals surface area (Å²) in [6, 6.07) is 9.24. The van der Waals surface area contributed by atoms with Crippen LogP contribution in [0, 0.1) is 11.3 Å². The van der Waals surface area contributed by atoms with E-state index in [-0.39, 0.29) is 12.0 Å². The summed E-state index contributed by atoms with van der Waals surface area (Å²) in [5, 5.41) is 11.6. The Labute approximate surface area is 125 Å². The fraction of sp³-hybridized carbons (Fsp3) is 0.500. The summed E-state index contributed by atoms with van der Waals surface area (Å²) in [6.07, 6.45) is 1.13. The zero-order valence-electron chi connectivity index (χ0n) is 12.5. The van der Waals surface area contributed by atoms with E-state index in [4.69, 9.17) is 10.00 Å². The molecule has 2 rings (SSSR count). The Bertz CT molecular complexity index is 521. The molecule has 0 aromatic heterocycles. The normalized spacial score (nSPS) is 22.5. The highest BCUT2D eigenvalue weighted by atomic mass is 16.5. The van der Waals surface area contributed by atoms with E-state index in [1.165, 1.54) is 0 Å². The maximum Gasteiger partial charge on any atom is 0.238 e. The first-order valence-corrected chi connectivity index (χ1v) is 7.28. The number of nitrogens with one attached hydrogen (secondary N) is 1. The minimum atomic E-state index is -0.0349. The number of morpholine rings is 1. The second kappa shape index (κ2) is 7.21. The molecule has 0 bridgehead atoms. The molecule has 21 heavy (non-hydrogen) atoms. The standard InChI is InChI=1S/C16H21N3O2/c1-3-15-11-21-12(2)9-19(15)10-16(20)18-14-6-4-13(8-17)5-7-14/h4-7,12,15H,3,9-11H2,1-2H3,(H,18,20). The van der Waals surface area contributed by atoms with Crippen molar-refractivity contribution >= 4 is 11.6 Å². The Balaban J connectivity index is 1.92. The highest BCUT2D eigenvalue weighted by molar-refractivity contribution is 5.92. The van der Waals surface area contributed by atoms with Crippen LogP contribution in [0.15, 0.2) is 24.3 Å². The van der Waals surface area contributed by atoms with E-state index >= 15 is 0 Å². The average molecular weight is 287 g/mol. The molecule has 0 saturated carbocycles. The van der Waals surface area contributed by atoms with E-state index in [1.807, 2.05) is 6.92 Å². The fourth-order valence-corrected chi connectivity index (χ4v) is 2.50. The summed E-state index contributed by atoms with van der Waals surface area (Å²) in [5.74, 6) is -0.0349. The molecule has 2 unspecified atom stereocenters. The van der Waals surface area contributed by atoms with Crippen LogP contribution in [0.1, 0.15) is 25.8 Å². The maximum absolute atomic E-state index is 12.1. The van der Waals surface area contributed by atoms with E-state index in [0.29, 0.717) is 30.4 Å². The van der Waals surface area contributed by atoms with Gasteiger partial charge in [0.2, 0.25) is 5.91 Å². The number of hydrogen-bond acceptors (Lipinski definition) is 4.